The number of aliphatic hydroxyl groups excluding tert-OH is 4. The molecule has 0 amide bonds. The minimum Gasteiger partial charge on any atom is -0.459 e. The van der Waals surface area contributed by atoms with Gasteiger partial charge in [-0.3, -0.25) is 4.79 Å². The SMILES string of the molecule is C=C1C[C@@H]2CCC3CC(CCC1O2)OC(C[C@@H]1OC2CC4O[C@]5(CC4OC2C(C)C1OC(=O)CC1CC[C@@H]2OC4C(C)[C@@H](OC6CC(O)[C@@H]4O6)[C@H]2O1)C[C@@H]1O[C@]2(CC(C)[C@@H]4O[C@H]([C@@H](O)CC(O)CO)C[C@@H]4O2)CC(C)[C@@H]1O5)C3=C. The molecule has 0 saturated carbocycles. The molecule has 79 heavy (non-hydrogen) atoms. The molecule has 0 aromatic rings. The molecule has 8 bridgehead atoms. The monoisotopic (exact) mass is 1110 g/mol. The van der Waals surface area contributed by atoms with Crippen molar-refractivity contribution in [3.8, 4) is 0 Å². The Morgan fingerprint density at radius 3 is 2.20 bits per heavy atom. The zero-order valence-corrected chi connectivity index (χ0v) is 46.6. The van der Waals surface area contributed by atoms with E-state index in [2.05, 4.69) is 34.3 Å². The summed E-state index contributed by atoms with van der Waals surface area (Å²) in [6, 6.07) is 0. The van der Waals surface area contributed by atoms with Crippen LogP contribution < -0.4 is 0 Å². The molecular formula is C60H88O19. The molecule has 0 aromatic heterocycles. The third kappa shape index (κ3) is 10.2. The average Bonchev–Trinajstić information content (AvgIpc) is 4.26. The van der Waals surface area contributed by atoms with Gasteiger partial charge in [0.1, 0.15) is 18.3 Å². The lowest BCUT2D eigenvalue weighted by molar-refractivity contribution is -0.347. The molecular weight excluding hydrogens is 1020 g/mol. The predicted molar refractivity (Wildman–Crippen MR) is 276 cm³/mol. The summed E-state index contributed by atoms with van der Waals surface area (Å²) in [4.78, 5) is 14.5. The second kappa shape index (κ2) is 21.3. The Morgan fingerprint density at radius 1 is 0.633 bits per heavy atom. The smallest absolute Gasteiger partial charge is 0.308 e. The number of carbonyl (C=O) groups excluding carboxylic acids is 1. The van der Waals surface area contributed by atoms with Gasteiger partial charge in [-0.2, -0.15) is 0 Å². The summed E-state index contributed by atoms with van der Waals surface area (Å²) in [5.41, 5.74) is 2.26. The van der Waals surface area contributed by atoms with Crippen LogP contribution in [0.5, 0.6) is 0 Å². The van der Waals surface area contributed by atoms with E-state index in [1.165, 1.54) is 5.57 Å². The van der Waals surface area contributed by atoms with Crippen LogP contribution in [0.25, 0.3) is 0 Å². The zero-order valence-electron chi connectivity index (χ0n) is 46.6. The first kappa shape index (κ1) is 55.2. The molecule has 19 nitrogen and oxygen atoms in total. The molecule has 4 N–H and O–H groups in total. The summed E-state index contributed by atoms with van der Waals surface area (Å²) in [5.74, 6) is -1.97. The molecule has 14 aliphatic rings. The van der Waals surface area contributed by atoms with Gasteiger partial charge in [-0.25, -0.2) is 0 Å². The fraction of sp³-hybridized carbons (Fsp3) is 0.917. The van der Waals surface area contributed by atoms with Gasteiger partial charge in [-0.15, -0.1) is 0 Å². The molecule has 0 radical (unpaired) electrons. The van der Waals surface area contributed by atoms with Crippen molar-refractivity contribution in [1.82, 2.24) is 0 Å². The molecule has 0 aliphatic carbocycles. The molecule has 18 unspecified atom stereocenters. The second-order valence-corrected chi connectivity index (χ2v) is 27.2. The Kier molecular flexibility index (Phi) is 14.9. The maximum Gasteiger partial charge on any atom is 0.308 e. The van der Waals surface area contributed by atoms with Gasteiger partial charge in [-0.05, 0) is 80.3 Å². The van der Waals surface area contributed by atoms with E-state index in [0.717, 1.165) is 44.1 Å². The first-order chi connectivity index (χ1) is 38.0. The number of carbonyl (C=O) groups is 1. The number of rotatable bonds is 9. The Bertz CT molecular complexity index is 2270. The fourth-order valence-electron chi connectivity index (χ4n) is 17.8. The van der Waals surface area contributed by atoms with Gasteiger partial charge < -0.3 is 86.7 Å². The quantitative estimate of drug-likeness (QED) is 0.180. The van der Waals surface area contributed by atoms with Gasteiger partial charge in [-0.1, -0.05) is 40.9 Å². The van der Waals surface area contributed by atoms with Crippen molar-refractivity contribution in [3.05, 3.63) is 24.3 Å². The van der Waals surface area contributed by atoms with Crippen molar-refractivity contribution in [3.63, 3.8) is 0 Å². The fourth-order valence-corrected chi connectivity index (χ4v) is 17.8. The van der Waals surface area contributed by atoms with Crippen molar-refractivity contribution < 1.29 is 91.5 Å². The topological polar surface area (TPSA) is 227 Å². The third-order valence-corrected chi connectivity index (χ3v) is 21.7. The first-order valence-electron chi connectivity index (χ1n) is 30.8. The molecule has 19 heteroatoms. The molecule has 14 saturated heterocycles. The zero-order chi connectivity index (χ0) is 54.4. The normalized spacial score (nSPS) is 55.2. The van der Waals surface area contributed by atoms with Crippen molar-refractivity contribution in [2.75, 3.05) is 6.61 Å². The van der Waals surface area contributed by atoms with E-state index in [1.807, 2.05) is 0 Å². The van der Waals surface area contributed by atoms with Crippen molar-refractivity contribution in [1.29, 1.82) is 0 Å². The Hall–Kier alpha value is -1.73. The van der Waals surface area contributed by atoms with E-state index in [4.69, 9.17) is 72.9 Å². The summed E-state index contributed by atoms with van der Waals surface area (Å²) in [7, 11) is 0. The van der Waals surface area contributed by atoms with Crippen LogP contribution >= 0.6 is 0 Å². The highest BCUT2D eigenvalue weighted by Crippen LogP contribution is 2.56. The van der Waals surface area contributed by atoms with E-state index in [1.54, 1.807) is 0 Å². The summed E-state index contributed by atoms with van der Waals surface area (Å²) < 4.78 is 94.8. The summed E-state index contributed by atoms with van der Waals surface area (Å²) in [6.45, 7) is 17.2. The lowest BCUT2D eigenvalue weighted by Gasteiger charge is -2.51. The highest BCUT2D eigenvalue weighted by atomic mass is 16.8. The van der Waals surface area contributed by atoms with Gasteiger partial charge in [0.2, 0.25) is 0 Å². The van der Waals surface area contributed by atoms with E-state index in [9.17, 15) is 25.2 Å². The van der Waals surface area contributed by atoms with Gasteiger partial charge in [0.25, 0.3) is 0 Å². The minimum atomic E-state index is -1.02. The number of esters is 1. The van der Waals surface area contributed by atoms with Crippen LogP contribution in [0, 0.1) is 29.6 Å². The molecule has 442 valence electrons. The van der Waals surface area contributed by atoms with Gasteiger partial charge in [0, 0.05) is 69.6 Å². The van der Waals surface area contributed by atoms with Crippen LogP contribution in [0.1, 0.15) is 143 Å². The molecule has 14 aliphatic heterocycles. The van der Waals surface area contributed by atoms with Crippen LogP contribution in [0.15, 0.2) is 24.3 Å². The summed E-state index contributed by atoms with van der Waals surface area (Å²) >= 11 is 0. The number of fused-ring (bicyclic) bond motifs is 15. The van der Waals surface area contributed by atoms with Crippen molar-refractivity contribution >= 4 is 5.97 Å². The Balaban J connectivity index is 0.664. The third-order valence-electron chi connectivity index (χ3n) is 21.7. The lowest BCUT2D eigenvalue weighted by atomic mass is 9.78. The predicted octanol–water partition coefficient (Wildman–Crippen LogP) is 4.76. The molecule has 14 heterocycles. The van der Waals surface area contributed by atoms with Crippen LogP contribution in [0.2, 0.25) is 0 Å². The number of aliphatic hydroxyl groups is 4. The maximum atomic E-state index is 14.5. The van der Waals surface area contributed by atoms with Crippen LogP contribution in [-0.2, 0) is 71.1 Å². The Labute approximate surface area is 464 Å². The minimum absolute atomic E-state index is 0.0296. The van der Waals surface area contributed by atoms with E-state index in [0.29, 0.717) is 64.2 Å². The summed E-state index contributed by atoms with van der Waals surface area (Å²) in [6.07, 6.45) is 2.07. The number of ether oxygens (including phenoxy) is 14. The van der Waals surface area contributed by atoms with E-state index >= 15 is 0 Å². The molecule has 32 atom stereocenters. The molecule has 2 spiro atoms. The maximum absolute atomic E-state index is 14.5. The summed E-state index contributed by atoms with van der Waals surface area (Å²) in [5, 5.41) is 41.1. The van der Waals surface area contributed by atoms with E-state index < -0.39 is 73.3 Å². The first-order valence-corrected chi connectivity index (χ1v) is 30.8. The largest absolute Gasteiger partial charge is 0.459 e. The molecule has 14 fully saturated rings. The van der Waals surface area contributed by atoms with Gasteiger partial charge in [0.05, 0.1) is 141 Å². The van der Waals surface area contributed by atoms with Crippen LogP contribution in [0.4, 0.5) is 0 Å². The number of hydrogen-bond acceptors (Lipinski definition) is 19. The molecule has 0 aromatic carbocycles. The van der Waals surface area contributed by atoms with Crippen LogP contribution in [-0.4, -0.2) is 197 Å². The van der Waals surface area contributed by atoms with Crippen molar-refractivity contribution in [2.45, 2.75) is 308 Å². The highest BCUT2D eigenvalue weighted by Gasteiger charge is 2.66. The van der Waals surface area contributed by atoms with Crippen molar-refractivity contribution in [2.24, 2.45) is 29.6 Å². The lowest BCUT2D eigenvalue weighted by Crippen LogP contribution is -2.61. The van der Waals surface area contributed by atoms with Crippen LogP contribution in [0.3, 0.4) is 0 Å². The van der Waals surface area contributed by atoms with Gasteiger partial charge in [0.15, 0.2) is 17.9 Å². The molecule has 14 rings (SSSR count). The number of hydrogen-bond donors (Lipinski definition) is 4. The highest BCUT2D eigenvalue weighted by molar-refractivity contribution is 5.70. The second-order valence-electron chi connectivity index (χ2n) is 27.2. The van der Waals surface area contributed by atoms with Gasteiger partial charge >= 0.3 is 5.97 Å². The standard InChI is InChI=1S/C60H88O19/c1-26-13-34-8-7-32-14-35(9-11-39(26)66-34)67-41(29(32)4)18-44-54(73-49(65)16-36-10-12-40-58(68-36)56-31(6)55(70-40)57-38(64)17-50(74-56)75-57)30(5)53-45(69-44)20-43-47(72-53)23-60(76-43)24-48-52(79-60)28(3)22-59(78-48)21-27(2)51-46(77-59)19-42(71-51)37(63)15-33(62)25-61/h27-28,30-48,50-58,61-64H,1,4,7-25H2,2-3,5-6H3/t27?,28?,30?,31?,32?,33?,34-,35?,36?,37-,38?,39?,40-,41?,42-,43?,44-,45?,46-,47?,48-,50?,51-,52-,53?,54?,55?,56+,57-,58-,59+,60-/m0/s1. The van der Waals surface area contributed by atoms with E-state index in [-0.39, 0.29) is 146 Å². The average molecular weight is 1110 g/mol. The Morgan fingerprint density at radius 2 is 1.37 bits per heavy atom.